The standard InChI is InChI=1S/C17H26N2O4S/c1-15(2)24(21,22)19-10-6-9-18(11-12-19)17(20)14-23-13-16-7-4-3-5-8-16/h3-5,7-8,15H,6,9-14H2,1-2H3. The Morgan fingerprint density at radius 1 is 1.12 bits per heavy atom. The molecule has 0 atom stereocenters. The van der Waals surface area contributed by atoms with Crippen molar-refractivity contribution in [2.45, 2.75) is 32.1 Å². The Bertz CT molecular complexity index is 631. The van der Waals surface area contributed by atoms with Crippen molar-refractivity contribution in [2.24, 2.45) is 0 Å². The predicted octanol–water partition coefficient (Wildman–Crippen LogP) is 1.48. The molecule has 134 valence electrons. The summed E-state index contributed by atoms with van der Waals surface area (Å²) >= 11 is 0. The minimum atomic E-state index is -3.26. The van der Waals surface area contributed by atoms with Crippen LogP contribution in [0, 0.1) is 0 Å². The van der Waals surface area contributed by atoms with E-state index in [-0.39, 0.29) is 12.5 Å². The van der Waals surface area contributed by atoms with Gasteiger partial charge in [-0.05, 0) is 25.8 Å². The van der Waals surface area contributed by atoms with Crippen molar-refractivity contribution < 1.29 is 17.9 Å². The van der Waals surface area contributed by atoms with Gasteiger partial charge in [0.2, 0.25) is 15.9 Å². The van der Waals surface area contributed by atoms with Crippen LogP contribution < -0.4 is 0 Å². The third-order valence-electron chi connectivity index (χ3n) is 4.10. The van der Waals surface area contributed by atoms with E-state index in [0.717, 1.165) is 5.56 Å². The fourth-order valence-corrected chi connectivity index (χ4v) is 3.93. The normalized spacial score (nSPS) is 17.0. The van der Waals surface area contributed by atoms with Crippen molar-refractivity contribution in [1.29, 1.82) is 0 Å². The van der Waals surface area contributed by atoms with E-state index in [1.165, 1.54) is 4.31 Å². The summed E-state index contributed by atoms with van der Waals surface area (Å²) in [6, 6.07) is 9.69. The van der Waals surface area contributed by atoms with E-state index in [4.69, 9.17) is 4.74 Å². The summed E-state index contributed by atoms with van der Waals surface area (Å²) in [5, 5.41) is -0.436. The third kappa shape index (κ3) is 5.03. The van der Waals surface area contributed by atoms with Gasteiger partial charge < -0.3 is 9.64 Å². The first-order valence-corrected chi connectivity index (χ1v) is 9.80. The molecule has 0 bridgehead atoms. The fraction of sp³-hybridized carbons (Fsp3) is 0.588. The van der Waals surface area contributed by atoms with Crippen LogP contribution in [0.15, 0.2) is 30.3 Å². The van der Waals surface area contributed by atoms with Crippen molar-refractivity contribution in [3.05, 3.63) is 35.9 Å². The molecule has 0 saturated carbocycles. The van der Waals surface area contributed by atoms with Crippen LogP contribution in [-0.2, 0) is 26.2 Å². The largest absolute Gasteiger partial charge is 0.367 e. The molecule has 0 unspecified atom stereocenters. The minimum Gasteiger partial charge on any atom is -0.367 e. The average molecular weight is 354 g/mol. The monoisotopic (exact) mass is 354 g/mol. The lowest BCUT2D eigenvalue weighted by molar-refractivity contribution is -0.136. The van der Waals surface area contributed by atoms with Crippen LogP contribution in [0.5, 0.6) is 0 Å². The van der Waals surface area contributed by atoms with E-state index < -0.39 is 15.3 Å². The van der Waals surface area contributed by atoms with Crippen molar-refractivity contribution in [3.8, 4) is 0 Å². The SMILES string of the molecule is CC(C)S(=O)(=O)N1CCCN(C(=O)COCc2ccccc2)CC1. The molecule has 1 aromatic rings. The Labute approximate surface area is 144 Å². The zero-order chi connectivity index (χ0) is 17.6. The second-order valence-electron chi connectivity index (χ2n) is 6.21. The molecule has 0 radical (unpaired) electrons. The summed E-state index contributed by atoms with van der Waals surface area (Å²) in [4.78, 5) is 14.0. The molecular weight excluding hydrogens is 328 g/mol. The summed E-state index contributed by atoms with van der Waals surface area (Å²) in [5.74, 6) is -0.0882. The molecule has 24 heavy (non-hydrogen) atoms. The second kappa shape index (κ2) is 8.60. The van der Waals surface area contributed by atoms with Crippen LogP contribution in [0.4, 0.5) is 0 Å². The van der Waals surface area contributed by atoms with Gasteiger partial charge in [0, 0.05) is 26.2 Å². The van der Waals surface area contributed by atoms with Gasteiger partial charge in [0.1, 0.15) is 6.61 Å². The number of carbonyl (C=O) groups is 1. The van der Waals surface area contributed by atoms with E-state index in [1.54, 1.807) is 18.7 Å². The first kappa shape index (κ1) is 18.9. The maximum absolute atomic E-state index is 12.3. The molecular formula is C17H26N2O4S. The van der Waals surface area contributed by atoms with Gasteiger partial charge in [-0.2, -0.15) is 4.31 Å². The van der Waals surface area contributed by atoms with Crippen LogP contribution >= 0.6 is 0 Å². The van der Waals surface area contributed by atoms with Crippen LogP contribution in [0.2, 0.25) is 0 Å². The Kier molecular flexibility index (Phi) is 6.77. The molecule has 1 fully saturated rings. The number of hydrogen-bond donors (Lipinski definition) is 0. The number of benzene rings is 1. The summed E-state index contributed by atoms with van der Waals surface area (Å²) in [6.07, 6.45) is 0.649. The zero-order valence-corrected chi connectivity index (χ0v) is 15.2. The smallest absolute Gasteiger partial charge is 0.248 e. The van der Waals surface area contributed by atoms with Crippen molar-refractivity contribution in [1.82, 2.24) is 9.21 Å². The Balaban J connectivity index is 1.81. The number of carbonyl (C=O) groups excluding carboxylic acids is 1. The molecule has 1 aliphatic rings. The topological polar surface area (TPSA) is 66.9 Å². The van der Waals surface area contributed by atoms with Crippen molar-refractivity contribution in [3.63, 3.8) is 0 Å². The first-order valence-electron chi connectivity index (χ1n) is 8.29. The molecule has 1 aromatic carbocycles. The Morgan fingerprint density at radius 3 is 2.50 bits per heavy atom. The van der Waals surface area contributed by atoms with Gasteiger partial charge in [0.25, 0.3) is 0 Å². The molecule has 1 amide bonds. The lowest BCUT2D eigenvalue weighted by Crippen LogP contribution is -2.40. The lowest BCUT2D eigenvalue weighted by atomic mass is 10.2. The predicted molar refractivity (Wildman–Crippen MR) is 92.9 cm³/mol. The maximum atomic E-state index is 12.3. The molecule has 7 heteroatoms. The first-order chi connectivity index (χ1) is 11.4. The quantitative estimate of drug-likeness (QED) is 0.776. The number of hydrogen-bond acceptors (Lipinski definition) is 4. The van der Waals surface area contributed by atoms with Crippen molar-refractivity contribution >= 4 is 15.9 Å². The molecule has 0 aromatic heterocycles. The van der Waals surface area contributed by atoms with E-state index in [1.807, 2.05) is 30.3 Å². The Hall–Kier alpha value is -1.44. The van der Waals surface area contributed by atoms with Gasteiger partial charge >= 0.3 is 0 Å². The van der Waals surface area contributed by atoms with Crippen LogP contribution in [-0.4, -0.2) is 61.6 Å². The highest BCUT2D eigenvalue weighted by Gasteiger charge is 2.28. The van der Waals surface area contributed by atoms with E-state index in [9.17, 15) is 13.2 Å². The van der Waals surface area contributed by atoms with Gasteiger partial charge in [-0.25, -0.2) is 8.42 Å². The maximum Gasteiger partial charge on any atom is 0.248 e. The summed E-state index contributed by atoms with van der Waals surface area (Å²) in [6.45, 7) is 5.58. The number of sulfonamides is 1. The number of amides is 1. The van der Waals surface area contributed by atoms with Crippen LogP contribution in [0.3, 0.4) is 0 Å². The Morgan fingerprint density at radius 2 is 1.83 bits per heavy atom. The number of nitrogens with zero attached hydrogens (tertiary/aromatic N) is 2. The summed E-state index contributed by atoms with van der Waals surface area (Å²) < 4.78 is 31.5. The van der Waals surface area contributed by atoms with E-state index in [0.29, 0.717) is 39.2 Å². The second-order valence-corrected chi connectivity index (χ2v) is 8.69. The fourth-order valence-electron chi connectivity index (χ4n) is 2.62. The zero-order valence-electron chi connectivity index (χ0n) is 14.3. The molecule has 0 spiro atoms. The molecule has 1 heterocycles. The number of rotatable bonds is 6. The van der Waals surface area contributed by atoms with Gasteiger partial charge in [0.05, 0.1) is 11.9 Å². The summed E-state index contributed by atoms with van der Waals surface area (Å²) in [5.41, 5.74) is 1.02. The molecule has 1 aliphatic heterocycles. The van der Waals surface area contributed by atoms with Crippen LogP contribution in [0.25, 0.3) is 0 Å². The van der Waals surface area contributed by atoms with Crippen molar-refractivity contribution in [2.75, 3.05) is 32.8 Å². The average Bonchev–Trinajstić information content (AvgIpc) is 2.82. The lowest BCUT2D eigenvalue weighted by Gasteiger charge is -2.23. The number of ether oxygens (including phenoxy) is 1. The highest BCUT2D eigenvalue weighted by atomic mass is 32.2. The van der Waals surface area contributed by atoms with E-state index >= 15 is 0 Å². The van der Waals surface area contributed by atoms with Gasteiger partial charge in [-0.1, -0.05) is 30.3 Å². The van der Waals surface area contributed by atoms with Crippen LogP contribution in [0.1, 0.15) is 25.8 Å². The van der Waals surface area contributed by atoms with Gasteiger partial charge in [-0.3, -0.25) is 4.79 Å². The molecule has 2 rings (SSSR count). The summed E-state index contributed by atoms with van der Waals surface area (Å²) in [7, 11) is -3.26. The van der Waals surface area contributed by atoms with E-state index in [2.05, 4.69) is 0 Å². The van der Waals surface area contributed by atoms with Gasteiger partial charge in [-0.15, -0.1) is 0 Å². The minimum absolute atomic E-state index is 0.0197. The molecule has 0 N–H and O–H groups in total. The van der Waals surface area contributed by atoms with Gasteiger partial charge in [0.15, 0.2) is 0 Å². The molecule has 1 saturated heterocycles. The highest BCUT2D eigenvalue weighted by Crippen LogP contribution is 2.13. The molecule has 0 aliphatic carbocycles. The highest BCUT2D eigenvalue weighted by molar-refractivity contribution is 7.89. The molecule has 6 nitrogen and oxygen atoms in total. The third-order valence-corrected chi connectivity index (χ3v) is 6.38.